The number of aromatic carboxylic acids is 1. The molecule has 6 nitrogen and oxygen atoms in total. The molecule has 2 aromatic rings. The fraction of sp³-hybridized carbons (Fsp3) is 0.0714. The summed E-state index contributed by atoms with van der Waals surface area (Å²) in [4.78, 5) is 21.4. The van der Waals surface area contributed by atoms with Crippen molar-refractivity contribution >= 4 is 34.2 Å². The average Bonchev–Trinajstić information content (AvgIpc) is 2.42. The highest BCUT2D eigenvalue weighted by molar-refractivity contribution is 14.1. The van der Waals surface area contributed by atoms with Crippen LogP contribution in [0.5, 0.6) is 11.5 Å². The van der Waals surface area contributed by atoms with Crippen molar-refractivity contribution in [2.24, 2.45) is 0 Å². The molecule has 2 aromatic carbocycles. The fourth-order valence-corrected chi connectivity index (χ4v) is 2.31. The highest BCUT2D eigenvalue weighted by Crippen LogP contribution is 2.32. The van der Waals surface area contributed by atoms with E-state index in [1.807, 2.05) is 22.6 Å². The second-order valence-electron chi connectivity index (χ2n) is 4.28. The number of carboxylic acids is 1. The van der Waals surface area contributed by atoms with Crippen LogP contribution >= 0.6 is 22.6 Å². The smallest absolute Gasteiger partial charge is 0.339 e. The minimum absolute atomic E-state index is 0.0455. The van der Waals surface area contributed by atoms with E-state index in [9.17, 15) is 20.0 Å². The molecular formula is C14H10INO5. The molecule has 0 aromatic heterocycles. The molecule has 0 spiro atoms. The van der Waals surface area contributed by atoms with Gasteiger partial charge in [-0.05, 0) is 47.7 Å². The molecule has 0 unspecified atom stereocenters. The lowest BCUT2D eigenvalue weighted by atomic mass is 10.1. The van der Waals surface area contributed by atoms with Crippen LogP contribution in [0.2, 0.25) is 0 Å². The van der Waals surface area contributed by atoms with Crippen LogP contribution in [0.3, 0.4) is 0 Å². The van der Waals surface area contributed by atoms with Crippen LogP contribution in [0.25, 0.3) is 0 Å². The van der Waals surface area contributed by atoms with Gasteiger partial charge in [-0.3, -0.25) is 10.1 Å². The minimum Gasteiger partial charge on any atom is -0.478 e. The lowest BCUT2D eigenvalue weighted by Gasteiger charge is -2.10. The molecule has 1 N–H and O–H groups in total. The molecule has 0 radical (unpaired) electrons. The molecule has 0 saturated carbocycles. The summed E-state index contributed by atoms with van der Waals surface area (Å²) in [6, 6.07) is 8.94. The van der Waals surface area contributed by atoms with E-state index in [4.69, 9.17) is 4.74 Å². The molecule has 0 amide bonds. The monoisotopic (exact) mass is 399 g/mol. The van der Waals surface area contributed by atoms with Gasteiger partial charge in [-0.15, -0.1) is 0 Å². The molecule has 2 rings (SSSR count). The minimum atomic E-state index is -1.09. The van der Waals surface area contributed by atoms with Crippen LogP contribution in [0, 0.1) is 20.6 Å². The number of rotatable bonds is 4. The van der Waals surface area contributed by atoms with Gasteiger partial charge in [0.25, 0.3) is 5.69 Å². The summed E-state index contributed by atoms with van der Waals surface area (Å²) in [5.74, 6) is -0.530. The van der Waals surface area contributed by atoms with E-state index >= 15 is 0 Å². The molecular weight excluding hydrogens is 389 g/mol. The molecule has 108 valence electrons. The molecule has 0 aliphatic rings. The standard InChI is InChI=1S/C14H10INO5/c1-8-2-4-12(10(6-8)14(17)18)21-13-5-3-9(16(19)20)7-11(13)15/h2-7H,1H3,(H,17,18). The van der Waals surface area contributed by atoms with Gasteiger partial charge in [0, 0.05) is 12.1 Å². The summed E-state index contributed by atoms with van der Waals surface area (Å²) >= 11 is 1.91. The van der Waals surface area contributed by atoms with Crippen molar-refractivity contribution < 1.29 is 19.6 Å². The predicted molar refractivity (Wildman–Crippen MR) is 84.0 cm³/mol. The van der Waals surface area contributed by atoms with Gasteiger partial charge >= 0.3 is 5.97 Å². The van der Waals surface area contributed by atoms with Crippen LogP contribution in [0.1, 0.15) is 15.9 Å². The number of halogens is 1. The topological polar surface area (TPSA) is 89.7 Å². The van der Waals surface area contributed by atoms with E-state index < -0.39 is 10.9 Å². The number of carboxylic acid groups (broad SMARTS) is 1. The number of nitrogens with zero attached hydrogens (tertiary/aromatic N) is 1. The van der Waals surface area contributed by atoms with Gasteiger partial charge in [0.2, 0.25) is 0 Å². The van der Waals surface area contributed by atoms with Gasteiger partial charge in [-0.1, -0.05) is 11.6 Å². The number of hydrogen-bond donors (Lipinski definition) is 1. The lowest BCUT2D eigenvalue weighted by molar-refractivity contribution is -0.385. The van der Waals surface area contributed by atoms with E-state index in [0.29, 0.717) is 9.32 Å². The van der Waals surface area contributed by atoms with Gasteiger partial charge in [0.15, 0.2) is 0 Å². The largest absolute Gasteiger partial charge is 0.478 e. The van der Waals surface area contributed by atoms with Crippen molar-refractivity contribution in [1.29, 1.82) is 0 Å². The Balaban J connectivity index is 2.39. The first-order valence-corrected chi connectivity index (χ1v) is 6.92. The highest BCUT2D eigenvalue weighted by atomic mass is 127. The van der Waals surface area contributed by atoms with Crippen molar-refractivity contribution in [2.75, 3.05) is 0 Å². The second kappa shape index (κ2) is 6.08. The van der Waals surface area contributed by atoms with Crippen LogP contribution in [0.4, 0.5) is 5.69 Å². The van der Waals surface area contributed by atoms with Crippen LogP contribution in [0.15, 0.2) is 36.4 Å². The van der Waals surface area contributed by atoms with Crippen molar-refractivity contribution in [1.82, 2.24) is 0 Å². The van der Waals surface area contributed by atoms with Crippen molar-refractivity contribution in [2.45, 2.75) is 6.92 Å². The Hall–Kier alpha value is -2.16. The summed E-state index contributed by atoms with van der Waals surface area (Å²) in [5.41, 5.74) is 0.802. The SMILES string of the molecule is Cc1ccc(Oc2ccc([N+](=O)[O-])cc2I)c(C(=O)O)c1. The van der Waals surface area contributed by atoms with Crippen LogP contribution in [-0.2, 0) is 0 Å². The average molecular weight is 399 g/mol. The van der Waals surface area contributed by atoms with Gasteiger partial charge in [0.05, 0.1) is 8.49 Å². The summed E-state index contributed by atoms with van der Waals surface area (Å²) in [5, 5.41) is 19.9. The van der Waals surface area contributed by atoms with E-state index in [-0.39, 0.29) is 17.0 Å². The van der Waals surface area contributed by atoms with Crippen molar-refractivity contribution in [3.05, 3.63) is 61.2 Å². The molecule has 0 saturated heterocycles. The van der Waals surface area contributed by atoms with E-state index in [2.05, 4.69) is 0 Å². The first-order chi connectivity index (χ1) is 9.88. The number of non-ortho nitro benzene ring substituents is 1. The van der Waals surface area contributed by atoms with Crippen LogP contribution in [-0.4, -0.2) is 16.0 Å². The maximum absolute atomic E-state index is 11.2. The third-order valence-corrected chi connectivity index (χ3v) is 3.55. The third kappa shape index (κ3) is 3.48. The summed E-state index contributed by atoms with van der Waals surface area (Å²) in [7, 11) is 0. The zero-order valence-electron chi connectivity index (χ0n) is 10.9. The number of nitro benzene ring substituents is 1. The molecule has 0 heterocycles. The predicted octanol–water partition coefficient (Wildman–Crippen LogP) is 4.00. The van der Waals surface area contributed by atoms with E-state index in [0.717, 1.165) is 5.56 Å². The van der Waals surface area contributed by atoms with Crippen LogP contribution < -0.4 is 4.74 Å². The molecule has 7 heteroatoms. The Morgan fingerprint density at radius 3 is 2.48 bits per heavy atom. The summed E-state index contributed by atoms with van der Waals surface area (Å²) in [6.45, 7) is 1.78. The zero-order chi connectivity index (χ0) is 15.6. The first-order valence-electron chi connectivity index (χ1n) is 5.84. The van der Waals surface area contributed by atoms with Crippen molar-refractivity contribution in [3.8, 4) is 11.5 Å². The van der Waals surface area contributed by atoms with Gasteiger partial charge < -0.3 is 9.84 Å². The Kier molecular flexibility index (Phi) is 4.41. The van der Waals surface area contributed by atoms with E-state index in [1.165, 1.54) is 24.3 Å². The van der Waals surface area contributed by atoms with E-state index in [1.54, 1.807) is 19.1 Å². The van der Waals surface area contributed by atoms with Gasteiger partial charge in [0.1, 0.15) is 17.1 Å². The Labute approximate surface area is 133 Å². The summed E-state index contributed by atoms with van der Waals surface area (Å²) in [6.07, 6.45) is 0. The number of carbonyl (C=O) groups is 1. The number of ether oxygens (including phenoxy) is 1. The third-order valence-electron chi connectivity index (χ3n) is 2.71. The number of aryl methyl sites for hydroxylation is 1. The quantitative estimate of drug-likeness (QED) is 0.477. The Bertz CT molecular complexity index is 729. The van der Waals surface area contributed by atoms with Gasteiger partial charge in [-0.2, -0.15) is 0 Å². The molecule has 0 aliphatic carbocycles. The Morgan fingerprint density at radius 1 is 1.24 bits per heavy atom. The molecule has 0 atom stereocenters. The second-order valence-corrected chi connectivity index (χ2v) is 5.44. The Morgan fingerprint density at radius 2 is 1.90 bits per heavy atom. The fourth-order valence-electron chi connectivity index (χ4n) is 1.70. The maximum atomic E-state index is 11.2. The number of hydrogen-bond acceptors (Lipinski definition) is 4. The highest BCUT2D eigenvalue weighted by Gasteiger charge is 2.15. The summed E-state index contributed by atoms with van der Waals surface area (Å²) < 4.78 is 6.11. The van der Waals surface area contributed by atoms with Gasteiger partial charge in [-0.25, -0.2) is 4.79 Å². The van der Waals surface area contributed by atoms with Crippen molar-refractivity contribution in [3.63, 3.8) is 0 Å². The number of benzene rings is 2. The molecule has 0 bridgehead atoms. The number of nitro groups is 1. The lowest BCUT2D eigenvalue weighted by Crippen LogP contribution is -2.01. The molecule has 0 fully saturated rings. The molecule has 0 aliphatic heterocycles. The molecule has 21 heavy (non-hydrogen) atoms. The zero-order valence-corrected chi connectivity index (χ0v) is 13.0. The first kappa shape index (κ1) is 15.2. The normalized spacial score (nSPS) is 10.2. The maximum Gasteiger partial charge on any atom is 0.339 e.